The first-order chi connectivity index (χ1) is 18.5. The molecule has 38 heavy (non-hydrogen) atoms. The second-order valence-electron chi connectivity index (χ2n) is 10.8. The lowest BCUT2D eigenvalue weighted by atomic mass is 9.60. The zero-order valence-electron chi connectivity index (χ0n) is 21.7. The third-order valence-electron chi connectivity index (χ3n) is 8.07. The molecule has 7 heteroatoms. The lowest BCUT2D eigenvalue weighted by Crippen LogP contribution is -2.58. The highest BCUT2D eigenvalue weighted by Gasteiger charge is 2.46. The highest BCUT2D eigenvalue weighted by Crippen LogP contribution is 2.51. The van der Waals surface area contributed by atoms with Crippen LogP contribution in [0.1, 0.15) is 52.9 Å². The van der Waals surface area contributed by atoms with Gasteiger partial charge in [-0.2, -0.15) is 0 Å². The summed E-state index contributed by atoms with van der Waals surface area (Å²) in [7, 11) is 0. The Hall–Kier alpha value is -3.55. The second-order valence-corrected chi connectivity index (χ2v) is 10.8. The van der Waals surface area contributed by atoms with Crippen LogP contribution in [0.5, 0.6) is 0 Å². The van der Waals surface area contributed by atoms with Crippen LogP contribution in [0, 0.1) is 11.2 Å². The number of amides is 1. The van der Waals surface area contributed by atoms with Crippen LogP contribution < -0.4 is 15.5 Å². The summed E-state index contributed by atoms with van der Waals surface area (Å²) in [5.74, 6) is -0.371. The van der Waals surface area contributed by atoms with E-state index in [-0.39, 0.29) is 17.8 Å². The van der Waals surface area contributed by atoms with Crippen molar-refractivity contribution < 1.29 is 13.9 Å². The van der Waals surface area contributed by atoms with Crippen molar-refractivity contribution in [3.8, 4) is 0 Å². The molecule has 0 unspecified atom stereocenters. The van der Waals surface area contributed by atoms with Crippen molar-refractivity contribution in [1.82, 2.24) is 15.6 Å². The lowest BCUT2D eigenvalue weighted by Gasteiger charge is -2.52. The van der Waals surface area contributed by atoms with E-state index in [4.69, 9.17) is 4.74 Å². The number of halogens is 1. The predicted octanol–water partition coefficient (Wildman–Crippen LogP) is 4.73. The Morgan fingerprint density at radius 2 is 1.66 bits per heavy atom. The number of nitrogens with one attached hydrogen (secondary N) is 2. The number of ether oxygens (including phenoxy) is 1. The number of aromatic nitrogens is 1. The maximum Gasteiger partial charge on any atom is 0.253 e. The Bertz CT molecular complexity index is 1330. The summed E-state index contributed by atoms with van der Waals surface area (Å²) >= 11 is 0. The monoisotopic (exact) mass is 512 g/mol. The lowest BCUT2D eigenvalue weighted by molar-refractivity contribution is 0.0939. The third kappa shape index (κ3) is 4.96. The normalized spacial score (nSPS) is 18.9. The first-order valence-electron chi connectivity index (χ1n) is 13.4. The number of hydrogen-bond donors (Lipinski definition) is 2. The molecule has 2 N–H and O–H groups in total. The number of hydrogen-bond acceptors (Lipinski definition) is 5. The molecule has 1 aromatic heterocycles. The molecule has 6 rings (SSSR count). The summed E-state index contributed by atoms with van der Waals surface area (Å²) in [5.41, 5.74) is 7.73. The SMILES string of the molecule is C[C@@H](NC(=O)c1cncc(N2CCOCC2)c1)c1ccc(C(=C2CC3(CNC3)C2)c2ccc(F)cc2)cc1. The molecule has 1 atom stereocenters. The van der Waals surface area contributed by atoms with E-state index >= 15 is 0 Å². The van der Waals surface area contributed by atoms with Gasteiger partial charge in [-0.1, -0.05) is 42.0 Å². The first-order valence-corrected chi connectivity index (χ1v) is 13.4. The maximum atomic E-state index is 13.7. The van der Waals surface area contributed by atoms with Crippen LogP contribution in [0.4, 0.5) is 10.1 Å². The van der Waals surface area contributed by atoms with Gasteiger partial charge in [0, 0.05) is 37.8 Å². The number of anilines is 1. The molecule has 2 aromatic carbocycles. The Morgan fingerprint density at radius 3 is 2.29 bits per heavy atom. The topological polar surface area (TPSA) is 66.5 Å². The van der Waals surface area contributed by atoms with Crippen molar-refractivity contribution in [2.75, 3.05) is 44.3 Å². The van der Waals surface area contributed by atoms with E-state index < -0.39 is 0 Å². The molecule has 196 valence electrons. The molecule has 3 aliphatic rings. The summed E-state index contributed by atoms with van der Waals surface area (Å²) in [4.78, 5) is 19.5. The van der Waals surface area contributed by atoms with Crippen LogP contribution in [0.3, 0.4) is 0 Å². The van der Waals surface area contributed by atoms with Gasteiger partial charge in [-0.05, 0) is 60.2 Å². The summed E-state index contributed by atoms with van der Waals surface area (Å²) in [6.07, 6.45) is 5.57. The second kappa shape index (κ2) is 10.3. The van der Waals surface area contributed by atoms with Gasteiger partial charge >= 0.3 is 0 Å². The van der Waals surface area contributed by atoms with E-state index in [0.29, 0.717) is 24.2 Å². The Labute approximate surface area is 222 Å². The van der Waals surface area contributed by atoms with Crippen LogP contribution in [-0.4, -0.2) is 50.3 Å². The van der Waals surface area contributed by atoms with Crippen molar-refractivity contribution in [3.63, 3.8) is 0 Å². The van der Waals surface area contributed by atoms with Crippen LogP contribution >= 0.6 is 0 Å². The molecule has 1 saturated carbocycles. The predicted molar refractivity (Wildman–Crippen MR) is 147 cm³/mol. The fourth-order valence-electron chi connectivity index (χ4n) is 5.80. The van der Waals surface area contributed by atoms with Gasteiger partial charge in [0.1, 0.15) is 5.82 Å². The fraction of sp³-hybridized carbons (Fsp3) is 0.355. The van der Waals surface area contributed by atoms with E-state index in [2.05, 4.69) is 44.8 Å². The van der Waals surface area contributed by atoms with E-state index in [0.717, 1.165) is 61.4 Å². The van der Waals surface area contributed by atoms with Gasteiger partial charge in [0.25, 0.3) is 5.91 Å². The fourth-order valence-corrected chi connectivity index (χ4v) is 5.80. The Morgan fingerprint density at radius 1 is 1.00 bits per heavy atom. The van der Waals surface area contributed by atoms with E-state index in [1.165, 1.54) is 23.3 Å². The highest BCUT2D eigenvalue weighted by atomic mass is 19.1. The number of benzene rings is 2. The summed E-state index contributed by atoms with van der Waals surface area (Å²) in [6, 6.07) is 16.9. The van der Waals surface area contributed by atoms with Crippen LogP contribution in [-0.2, 0) is 4.74 Å². The van der Waals surface area contributed by atoms with Gasteiger partial charge in [0.2, 0.25) is 0 Å². The molecule has 0 bridgehead atoms. The highest BCUT2D eigenvalue weighted by molar-refractivity contribution is 5.95. The zero-order valence-corrected chi connectivity index (χ0v) is 21.7. The third-order valence-corrected chi connectivity index (χ3v) is 8.07. The van der Waals surface area contributed by atoms with Crippen LogP contribution in [0.2, 0.25) is 0 Å². The van der Waals surface area contributed by atoms with Crippen molar-refractivity contribution in [2.24, 2.45) is 5.41 Å². The van der Waals surface area contributed by atoms with E-state index in [1.54, 1.807) is 12.4 Å². The van der Waals surface area contributed by atoms with Gasteiger partial charge in [-0.25, -0.2) is 4.39 Å². The number of rotatable bonds is 6. The van der Waals surface area contributed by atoms with Gasteiger partial charge in [-0.3, -0.25) is 9.78 Å². The van der Waals surface area contributed by atoms with Crippen molar-refractivity contribution in [2.45, 2.75) is 25.8 Å². The zero-order chi connectivity index (χ0) is 26.1. The van der Waals surface area contributed by atoms with Crippen molar-refractivity contribution in [3.05, 3.63) is 101 Å². The molecule has 1 spiro atoms. The van der Waals surface area contributed by atoms with Crippen molar-refractivity contribution >= 4 is 17.2 Å². The van der Waals surface area contributed by atoms with Crippen LogP contribution in [0.25, 0.3) is 5.57 Å². The average molecular weight is 513 g/mol. The molecule has 3 aromatic rings. The Kier molecular flexibility index (Phi) is 6.72. The van der Waals surface area contributed by atoms with Crippen LogP contribution in [0.15, 0.2) is 72.6 Å². The largest absolute Gasteiger partial charge is 0.378 e. The number of allylic oxidation sites excluding steroid dienone is 1. The molecule has 1 amide bonds. The number of carbonyl (C=O) groups is 1. The molecular weight excluding hydrogens is 479 g/mol. The summed E-state index contributed by atoms with van der Waals surface area (Å²) in [6.45, 7) is 7.10. The molecule has 6 nitrogen and oxygen atoms in total. The number of pyridine rings is 1. The number of carbonyl (C=O) groups excluding carboxylic acids is 1. The molecule has 3 fully saturated rings. The van der Waals surface area contributed by atoms with Gasteiger partial charge in [-0.15, -0.1) is 0 Å². The minimum atomic E-state index is -0.225. The molecule has 2 saturated heterocycles. The smallest absolute Gasteiger partial charge is 0.253 e. The van der Waals surface area contributed by atoms with Gasteiger partial charge < -0.3 is 20.3 Å². The minimum absolute atomic E-state index is 0.146. The molecule has 0 radical (unpaired) electrons. The number of morpholine rings is 1. The van der Waals surface area contributed by atoms with Crippen molar-refractivity contribution in [1.29, 1.82) is 0 Å². The summed E-state index contributed by atoms with van der Waals surface area (Å²) < 4.78 is 19.1. The quantitative estimate of drug-likeness (QED) is 0.500. The van der Waals surface area contributed by atoms with Gasteiger partial charge in [0.15, 0.2) is 0 Å². The average Bonchev–Trinajstić information content (AvgIpc) is 2.91. The van der Waals surface area contributed by atoms with E-state index in [9.17, 15) is 9.18 Å². The molecule has 3 heterocycles. The standard InChI is InChI=1S/C31H33FN4O2/c1-21(35-30(37)25-14-28(18-33-17-25)36-10-12-38-13-11-36)22-2-4-23(5-3-22)29(24-6-8-27(32)9-7-24)26-15-31(16-26)19-34-20-31/h2-9,14,17-18,21,34H,10-13,15-16,19-20H2,1H3,(H,35,37)/t21-/m1/s1. The number of nitrogens with zero attached hydrogens (tertiary/aromatic N) is 2. The Balaban J connectivity index is 1.18. The molecule has 2 aliphatic heterocycles. The van der Waals surface area contributed by atoms with E-state index in [1.807, 2.05) is 25.1 Å². The molecular formula is C31H33FN4O2. The maximum absolute atomic E-state index is 13.7. The first kappa shape index (κ1) is 24.8. The van der Waals surface area contributed by atoms with Gasteiger partial charge in [0.05, 0.1) is 36.7 Å². The minimum Gasteiger partial charge on any atom is -0.378 e. The summed E-state index contributed by atoms with van der Waals surface area (Å²) in [5, 5.41) is 6.52. The molecule has 1 aliphatic carbocycles.